The molecule has 1 aliphatic carbocycles. The average Bonchev–Trinajstić information content (AvgIpc) is 2.92. The fraction of sp³-hybridized carbons (Fsp3) is 0.938. The number of nitrogens with one attached hydrogen (secondary N) is 3. The third kappa shape index (κ3) is 3.53. The normalized spacial score (nSPS) is 37.4. The molecule has 4 heteroatoms. The Morgan fingerprint density at radius 2 is 2.05 bits per heavy atom. The molecule has 0 radical (unpaired) electrons. The second-order valence-corrected chi connectivity index (χ2v) is 6.90. The molecule has 0 bridgehead atoms. The summed E-state index contributed by atoms with van der Waals surface area (Å²) in [6, 6.07) is 0.689. The van der Waals surface area contributed by atoms with Crippen LogP contribution < -0.4 is 16.0 Å². The van der Waals surface area contributed by atoms with Gasteiger partial charge in [0.2, 0.25) is 5.91 Å². The van der Waals surface area contributed by atoms with Gasteiger partial charge in [-0.05, 0) is 63.5 Å². The molecule has 2 aliphatic heterocycles. The van der Waals surface area contributed by atoms with Gasteiger partial charge in [0.15, 0.2) is 0 Å². The maximum absolute atomic E-state index is 12.2. The lowest BCUT2D eigenvalue weighted by atomic mass is 9.85. The summed E-state index contributed by atoms with van der Waals surface area (Å²) in [7, 11) is 0. The second-order valence-electron chi connectivity index (χ2n) is 6.90. The molecule has 1 saturated carbocycles. The van der Waals surface area contributed by atoms with Crippen LogP contribution in [0, 0.1) is 11.8 Å². The fourth-order valence-electron chi connectivity index (χ4n) is 4.21. The van der Waals surface area contributed by atoms with E-state index in [4.69, 9.17) is 0 Å². The first-order valence-electron chi connectivity index (χ1n) is 8.57. The van der Waals surface area contributed by atoms with Crippen LogP contribution in [0.1, 0.15) is 51.4 Å². The molecule has 3 rings (SSSR count). The molecule has 0 spiro atoms. The van der Waals surface area contributed by atoms with Gasteiger partial charge >= 0.3 is 0 Å². The molecular weight excluding hydrogens is 250 g/mol. The van der Waals surface area contributed by atoms with E-state index in [0.717, 1.165) is 44.3 Å². The van der Waals surface area contributed by atoms with Gasteiger partial charge in [-0.1, -0.05) is 12.8 Å². The summed E-state index contributed by atoms with van der Waals surface area (Å²) in [6.07, 6.45) is 10.0. The first-order valence-corrected chi connectivity index (χ1v) is 8.57. The van der Waals surface area contributed by atoms with Crippen LogP contribution in [-0.4, -0.2) is 37.6 Å². The molecule has 114 valence electrons. The number of piperidine rings is 1. The molecule has 3 N–H and O–H groups in total. The molecule has 2 saturated heterocycles. The zero-order chi connectivity index (χ0) is 13.8. The Hall–Kier alpha value is -0.610. The van der Waals surface area contributed by atoms with Gasteiger partial charge in [0.25, 0.3) is 0 Å². The van der Waals surface area contributed by atoms with E-state index in [9.17, 15) is 4.79 Å². The van der Waals surface area contributed by atoms with E-state index in [1.807, 2.05) is 0 Å². The molecule has 4 unspecified atom stereocenters. The standard InChI is InChI=1S/C16H29N3O/c20-16(18-9-7-12-4-3-8-17-11-12)15-10-13-5-1-2-6-14(13)19-15/h12-15,17,19H,1-11H2,(H,18,20). The minimum atomic E-state index is 0.0765. The lowest BCUT2D eigenvalue weighted by Crippen LogP contribution is -2.44. The highest BCUT2D eigenvalue weighted by Crippen LogP contribution is 2.33. The van der Waals surface area contributed by atoms with Gasteiger partial charge in [-0.15, -0.1) is 0 Å². The van der Waals surface area contributed by atoms with Crippen molar-refractivity contribution in [1.29, 1.82) is 0 Å². The lowest BCUT2D eigenvalue weighted by molar-refractivity contribution is -0.122. The topological polar surface area (TPSA) is 53.2 Å². The summed E-state index contributed by atoms with van der Waals surface area (Å²) in [5.41, 5.74) is 0. The first kappa shape index (κ1) is 14.3. The fourth-order valence-corrected chi connectivity index (χ4v) is 4.21. The van der Waals surface area contributed by atoms with Gasteiger partial charge in [0.1, 0.15) is 0 Å². The van der Waals surface area contributed by atoms with Crippen LogP contribution in [0.5, 0.6) is 0 Å². The third-order valence-electron chi connectivity index (χ3n) is 5.43. The highest BCUT2D eigenvalue weighted by Gasteiger charge is 2.37. The van der Waals surface area contributed by atoms with Gasteiger partial charge in [0.05, 0.1) is 6.04 Å². The SMILES string of the molecule is O=C(NCCC1CCCNC1)C1CC2CCCCC2N1. The van der Waals surface area contributed by atoms with Gasteiger partial charge < -0.3 is 16.0 Å². The molecule has 0 aromatic rings. The van der Waals surface area contributed by atoms with Crippen LogP contribution in [-0.2, 0) is 4.79 Å². The van der Waals surface area contributed by atoms with E-state index in [0.29, 0.717) is 6.04 Å². The smallest absolute Gasteiger partial charge is 0.237 e. The molecular formula is C16H29N3O. The number of carbonyl (C=O) groups is 1. The van der Waals surface area contributed by atoms with Gasteiger partial charge in [-0.25, -0.2) is 0 Å². The van der Waals surface area contributed by atoms with E-state index < -0.39 is 0 Å². The van der Waals surface area contributed by atoms with Gasteiger partial charge in [0, 0.05) is 12.6 Å². The van der Waals surface area contributed by atoms with Gasteiger partial charge in [-0.3, -0.25) is 4.79 Å². The highest BCUT2D eigenvalue weighted by molar-refractivity contribution is 5.82. The Bertz CT molecular complexity index is 314. The predicted molar refractivity (Wildman–Crippen MR) is 80.5 cm³/mol. The van der Waals surface area contributed by atoms with Crippen molar-refractivity contribution in [3.63, 3.8) is 0 Å². The average molecular weight is 279 g/mol. The van der Waals surface area contributed by atoms with Crippen molar-refractivity contribution in [3.05, 3.63) is 0 Å². The molecule has 20 heavy (non-hydrogen) atoms. The molecule has 4 atom stereocenters. The molecule has 4 nitrogen and oxygen atoms in total. The summed E-state index contributed by atoms with van der Waals surface area (Å²) >= 11 is 0. The molecule has 3 fully saturated rings. The molecule has 2 heterocycles. The highest BCUT2D eigenvalue weighted by atomic mass is 16.2. The molecule has 0 aromatic heterocycles. The van der Waals surface area contributed by atoms with Crippen molar-refractivity contribution < 1.29 is 4.79 Å². The first-order chi connectivity index (χ1) is 9.83. The quantitative estimate of drug-likeness (QED) is 0.729. The van der Waals surface area contributed by atoms with Crippen molar-refractivity contribution in [1.82, 2.24) is 16.0 Å². The minimum absolute atomic E-state index is 0.0765. The number of hydrogen-bond donors (Lipinski definition) is 3. The van der Waals surface area contributed by atoms with Crippen molar-refractivity contribution in [2.75, 3.05) is 19.6 Å². The van der Waals surface area contributed by atoms with Crippen LogP contribution in [0.3, 0.4) is 0 Å². The van der Waals surface area contributed by atoms with Crippen molar-refractivity contribution in [2.24, 2.45) is 11.8 Å². The number of fused-ring (bicyclic) bond motifs is 1. The summed E-state index contributed by atoms with van der Waals surface area (Å²) in [5, 5.41) is 10.1. The zero-order valence-electron chi connectivity index (χ0n) is 12.5. The monoisotopic (exact) mass is 279 g/mol. The van der Waals surface area contributed by atoms with Crippen molar-refractivity contribution in [3.8, 4) is 0 Å². The van der Waals surface area contributed by atoms with Crippen molar-refractivity contribution in [2.45, 2.75) is 63.5 Å². The Labute approximate surface area is 122 Å². The summed E-state index contributed by atoms with van der Waals surface area (Å²) in [5.74, 6) is 1.74. The van der Waals surface area contributed by atoms with Crippen LogP contribution >= 0.6 is 0 Å². The largest absolute Gasteiger partial charge is 0.355 e. The van der Waals surface area contributed by atoms with E-state index in [1.54, 1.807) is 0 Å². The van der Waals surface area contributed by atoms with Gasteiger partial charge in [-0.2, -0.15) is 0 Å². The van der Waals surface area contributed by atoms with E-state index in [2.05, 4.69) is 16.0 Å². The maximum Gasteiger partial charge on any atom is 0.237 e. The van der Waals surface area contributed by atoms with E-state index >= 15 is 0 Å². The third-order valence-corrected chi connectivity index (χ3v) is 5.43. The summed E-state index contributed by atoms with van der Waals surface area (Å²) in [6.45, 7) is 3.14. The Morgan fingerprint density at radius 3 is 2.85 bits per heavy atom. The Morgan fingerprint density at radius 1 is 1.15 bits per heavy atom. The van der Waals surface area contributed by atoms with Crippen LogP contribution in [0.2, 0.25) is 0 Å². The molecule has 3 aliphatic rings. The Kier molecular flexibility index (Phi) is 4.94. The molecule has 1 amide bonds. The lowest BCUT2D eigenvalue weighted by Gasteiger charge is -2.24. The van der Waals surface area contributed by atoms with Crippen LogP contribution in [0.15, 0.2) is 0 Å². The number of carbonyl (C=O) groups excluding carboxylic acids is 1. The van der Waals surface area contributed by atoms with Crippen LogP contribution in [0.25, 0.3) is 0 Å². The van der Waals surface area contributed by atoms with Crippen molar-refractivity contribution >= 4 is 5.91 Å². The number of hydrogen-bond acceptors (Lipinski definition) is 3. The summed E-state index contributed by atoms with van der Waals surface area (Å²) in [4.78, 5) is 12.2. The minimum Gasteiger partial charge on any atom is -0.355 e. The summed E-state index contributed by atoms with van der Waals surface area (Å²) < 4.78 is 0. The molecule has 0 aromatic carbocycles. The zero-order valence-corrected chi connectivity index (χ0v) is 12.5. The van der Waals surface area contributed by atoms with E-state index in [1.165, 1.54) is 38.5 Å². The van der Waals surface area contributed by atoms with Crippen LogP contribution in [0.4, 0.5) is 0 Å². The number of rotatable bonds is 4. The second kappa shape index (κ2) is 6.90. The Balaban J connectivity index is 1.36. The number of amides is 1. The van der Waals surface area contributed by atoms with E-state index in [-0.39, 0.29) is 11.9 Å². The maximum atomic E-state index is 12.2. The predicted octanol–water partition coefficient (Wildman–Crippen LogP) is 1.41.